The number of hydrogen-bond acceptors (Lipinski definition) is 5. The summed E-state index contributed by atoms with van der Waals surface area (Å²) in [6.07, 6.45) is 4.55. The van der Waals surface area contributed by atoms with Crippen molar-refractivity contribution in [3.05, 3.63) is 42.6 Å². The fraction of sp³-hybridized carbons (Fsp3) is 0.476. The van der Waals surface area contributed by atoms with E-state index < -0.39 is 0 Å². The lowest BCUT2D eigenvalue weighted by Gasteiger charge is -2.33. The number of aromatic nitrogens is 2. The summed E-state index contributed by atoms with van der Waals surface area (Å²) in [5.41, 5.74) is 1.000. The first-order valence-corrected chi connectivity index (χ1v) is 9.77. The van der Waals surface area contributed by atoms with E-state index in [2.05, 4.69) is 15.2 Å². The fourth-order valence-corrected chi connectivity index (χ4v) is 3.33. The molecule has 2 heterocycles. The lowest BCUT2D eigenvalue weighted by atomic mass is 9.97. The van der Waals surface area contributed by atoms with Gasteiger partial charge in [-0.15, -0.1) is 0 Å². The number of ether oxygens (including phenoxy) is 1. The summed E-state index contributed by atoms with van der Waals surface area (Å²) in [5.74, 6) is 1.74. The van der Waals surface area contributed by atoms with Crippen molar-refractivity contribution in [3.8, 4) is 11.4 Å². The molecule has 1 saturated heterocycles. The zero-order chi connectivity index (χ0) is 18.9. The molecule has 1 fully saturated rings. The normalized spacial score (nSPS) is 16.9. The number of nitrogens with zero attached hydrogens (tertiary/aromatic N) is 3. The van der Waals surface area contributed by atoms with Gasteiger partial charge in [0.2, 0.25) is 5.91 Å². The van der Waals surface area contributed by atoms with Crippen LogP contribution in [0, 0.1) is 5.92 Å². The lowest BCUT2D eigenvalue weighted by Crippen LogP contribution is -2.43. The zero-order valence-electron chi connectivity index (χ0n) is 15.9. The van der Waals surface area contributed by atoms with E-state index in [0.29, 0.717) is 19.7 Å². The van der Waals surface area contributed by atoms with E-state index >= 15 is 0 Å². The molecule has 1 aromatic carbocycles. The molecule has 0 bridgehead atoms. The number of anilines is 1. The molecule has 1 amide bonds. The summed E-state index contributed by atoms with van der Waals surface area (Å²) in [6.45, 7) is 5.67. The minimum absolute atomic E-state index is 0.000911. The third-order valence-corrected chi connectivity index (χ3v) is 4.76. The van der Waals surface area contributed by atoms with Gasteiger partial charge in [0.25, 0.3) is 0 Å². The molecule has 3 rings (SSSR count). The van der Waals surface area contributed by atoms with Gasteiger partial charge in [0, 0.05) is 44.6 Å². The van der Waals surface area contributed by atoms with E-state index in [1.165, 1.54) is 0 Å². The Morgan fingerprint density at radius 1 is 1.30 bits per heavy atom. The van der Waals surface area contributed by atoms with Crippen molar-refractivity contribution in [1.82, 2.24) is 15.3 Å². The SMILES string of the molecule is CCOCCCNC(=O)[C@H]1CCCN(c2ccnc(-c3ccccc3)n2)C1. The van der Waals surface area contributed by atoms with Gasteiger partial charge in [-0.3, -0.25) is 4.79 Å². The van der Waals surface area contributed by atoms with E-state index in [4.69, 9.17) is 9.72 Å². The molecule has 0 aliphatic carbocycles. The topological polar surface area (TPSA) is 67.3 Å². The molecule has 1 aliphatic rings. The maximum absolute atomic E-state index is 12.5. The number of amides is 1. The molecule has 1 aliphatic heterocycles. The molecule has 0 radical (unpaired) electrons. The van der Waals surface area contributed by atoms with Crippen LogP contribution in [0.5, 0.6) is 0 Å². The molecule has 1 N–H and O–H groups in total. The zero-order valence-corrected chi connectivity index (χ0v) is 15.9. The largest absolute Gasteiger partial charge is 0.382 e. The highest BCUT2D eigenvalue weighted by Gasteiger charge is 2.26. The van der Waals surface area contributed by atoms with Crippen LogP contribution in [0.1, 0.15) is 26.2 Å². The predicted octanol–water partition coefficient (Wildman–Crippen LogP) is 2.90. The van der Waals surface area contributed by atoms with Crippen molar-refractivity contribution in [2.24, 2.45) is 5.92 Å². The van der Waals surface area contributed by atoms with Crippen LogP contribution < -0.4 is 10.2 Å². The maximum atomic E-state index is 12.5. The minimum Gasteiger partial charge on any atom is -0.382 e. The van der Waals surface area contributed by atoms with Crippen molar-refractivity contribution < 1.29 is 9.53 Å². The first kappa shape index (κ1) is 19.3. The summed E-state index contributed by atoms with van der Waals surface area (Å²) in [7, 11) is 0. The number of nitrogens with one attached hydrogen (secondary N) is 1. The van der Waals surface area contributed by atoms with Crippen LogP contribution >= 0.6 is 0 Å². The number of benzene rings is 1. The molecule has 1 aromatic heterocycles. The molecule has 27 heavy (non-hydrogen) atoms. The molecule has 6 heteroatoms. The van der Waals surface area contributed by atoms with Gasteiger partial charge in [-0.1, -0.05) is 30.3 Å². The Kier molecular flexibility index (Phi) is 7.16. The van der Waals surface area contributed by atoms with E-state index in [0.717, 1.165) is 49.6 Å². The maximum Gasteiger partial charge on any atom is 0.224 e. The van der Waals surface area contributed by atoms with Crippen LogP contribution in [0.15, 0.2) is 42.6 Å². The van der Waals surface area contributed by atoms with Crippen molar-refractivity contribution in [2.75, 3.05) is 37.7 Å². The Morgan fingerprint density at radius 3 is 2.96 bits per heavy atom. The number of carbonyl (C=O) groups is 1. The van der Waals surface area contributed by atoms with E-state index in [1.54, 1.807) is 6.20 Å². The van der Waals surface area contributed by atoms with Crippen LogP contribution in [0.4, 0.5) is 5.82 Å². The predicted molar refractivity (Wildman–Crippen MR) is 107 cm³/mol. The average molecular weight is 368 g/mol. The third-order valence-electron chi connectivity index (χ3n) is 4.76. The molecule has 2 aromatic rings. The van der Waals surface area contributed by atoms with Crippen LogP contribution in [0.25, 0.3) is 11.4 Å². The number of hydrogen-bond donors (Lipinski definition) is 1. The first-order chi connectivity index (χ1) is 13.3. The monoisotopic (exact) mass is 368 g/mol. The average Bonchev–Trinajstić information content (AvgIpc) is 2.74. The second-order valence-electron chi connectivity index (χ2n) is 6.73. The van der Waals surface area contributed by atoms with E-state index in [9.17, 15) is 4.79 Å². The van der Waals surface area contributed by atoms with Crippen LogP contribution in [0.3, 0.4) is 0 Å². The second-order valence-corrected chi connectivity index (χ2v) is 6.73. The van der Waals surface area contributed by atoms with Crippen molar-refractivity contribution >= 4 is 11.7 Å². The van der Waals surface area contributed by atoms with Crippen LogP contribution in [-0.2, 0) is 9.53 Å². The number of rotatable bonds is 8. The second kappa shape index (κ2) is 10.0. The fourth-order valence-electron chi connectivity index (χ4n) is 3.33. The summed E-state index contributed by atoms with van der Waals surface area (Å²) in [6, 6.07) is 11.9. The highest BCUT2D eigenvalue weighted by molar-refractivity contribution is 5.79. The quantitative estimate of drug-likeness (QED) is 0.726. The van der Waals surface area contributed by atoms with E-state index in [-0.39, 0.29) is 11.8 Å². The van der Waals surface area contributed by atoms with Crippen LogP contribution in [-0.4, -0.2) is 48.7 Å². The highest BCUT2D eigenvalue weighted by Crippen LogP contribution is 2.23. The van der Waals surface area contributed by atoms with Gasteiger partial charge in [-0.25, -0.2) is 9.97 Å². The molecule has 144 valence electrons. The molecular weight excluding hydrogens is 340 g/mol. The number of piperidine rings is 1. The van der Waals surface area contributed by atoms with Gasteiger partial charge >= 0.3 is 0 Å². The molecule has 1 atom stereocenters. The first-order valence-electron chi connectivity index (χ1n) is 9.77. The Bertz CT molecular complexity index is 723. The molecule has 0 unspecified atom stereocenters. The van der Waals surface area contributed by atoms with Gasteiger partial charge in [0.15, 0.2) is 5.82 Å². The Labute approximate surface area is 161 Å². The van der Waals surface area contributed by atoms with Gasteiger partial charge in [-0.05, 0) is 32.3 Å². The minimum atomic E-state index is 0.000911. The molecular formula is C21H28N4O2. The third kappa shape index (κ3) is 5.50. The summed E-state index contributed by atoms with van der Waals surface area (Å²) >= 11 is 0. The Hall–Kier alpha value is -2.47. The van der Waals surface area contributed by atoms with Crippen molar-refractivity contribution in [1.29, 1.82) is 0 Å². The summed E-state index contributed by atoms with van der Waals surface area (Å²) < 4.78 is 5.31. The van der Waals surface area contributed by atoms with Gasteiger partial charge < -0.3 is 15.0 Å². The van der Waals surface area contributed by atoms with Gasteiger partial charge in [0.1, 0.15) is 5.82 Å². The molecule has 0 spiro atoms. The Morgan fingerprint density at radius 2 is 2.15 bits per heavy atom. The molecule has 0 saturated carbocycles. The smallest absolute Gasteiger partial charge is 0.224 e. The number of carbonyl (C=O) groups excluding carboxylic acids is 1. The standard InChI is InChI=1S/C21H28N4O2/c1-2-27-15-7-12-23-21(26)18-10-6-14-25(16-18)19-11-13-22-20(24-19)17-8-4-3-5-9-17/h3-5,8-9,11,13,18H,2,6-7,10,12,14-16H2,1H3,(H,23,26)/t18-/m0/s1. The van der Waals surface area contributed by atoms with Crippen LogP contribution in [0.2, 0.25) is 0 Å². The Balaban J connectivity index is 1.59. The van der Waals surface area contributed by atoms with E-state index in [1.807, 2.05) is 43.3 Å². The van der Waals surface area contributed by atoms with Crippen molar-refractivity contribution in [2.45, 2.75) is 26.2 Å². The van der Waals surface area contributed by atoms with Crippen molar-refractivity contribution in [3.63, 3.8) is 0 Å². The highest BCUT2D eigenvalue weighted by atomic mass is 16.5. The lowest BCUT2D eigenvalue weighted by molar-refractivity contribution is -0.125. The summed E-state index contributed by atoms with van der Waals surface area (Å²) in [5, 5.41) is 3.04. The summed E-state index contributed by atoms with van der Waals surface area (Å²) in [4.78, 5) is 23.8. The van der Waals surface area contributed by atoms with Gasteiger partial charge in [-0.2, -0.15) is 0 Å². The van der Waals surface area contributed by atoms with Gasteiger partial charge in [0.05, 0.1) is 5.92 Å². The molecule has 6 nitrogen and oxygen atoms in total.